The van der Waals surface area contributed by atoms with Gasteiger partial charge >= 0.3 is 6.09 Å². The number of aromatic nitrogens is 1. The van der Waals surface area contributed by atoms with Gasteiger partial charge in [-0.05, 0) is 5.56 Å². The second kappa shape index (κ2) is 5.86. The molecular formula is C13H14N2O3. The molecule has 0 atom stereocenters. The quantitative estimate of drug-likeness (QED) is 0.897. The average molecular weight is 246 g/mol. The summed E-state index contributed by atoms with van der Waals surface area (Å²) in [6.07, 6.45) is 0.191. The van der Waals surface area contributed by atoms with Gasteiger partial charge in [-0.1, -0.05) is 35.5 Å². The van der Waals surface area contributed by atoms with E-state index in [4.69, 9.17) is 9.26 Å². The van der Waals surface area contributed by atoms with Crippen molar-refractivity contribution in [3.8, 4) is 0 Å². The summed E-state index contributed by atoms with van der Waals surface area (Å²) in [4.78, 5) is 10.9. The Morgan fingerprint density at radius 1 is 1.39 bits per heavy atom. The van der Waals surface area contributed by atoms with Crippen LogP contribution in [0.2, 0.25) is 0 Å². The fraction of sp³-hybridized carbons (Fsp3) is 0.231. The van der Waals surface area contributed by atoms with Gasteiger partial charge in [0.1, 0.15) is 18.1 Å². The van der Waals surface area contributed by atoms with Crippen LogP contribution < -0.4 is 5.32 Å². The van der Waals surface area contributed by atoms with Gasteiger partial charge in [0.15, 0.2) is 0 Å². The van der Waals surface area contributed by atoms with Crippen LogP contribution in [0.4, 0.5) is 4.79 Å². The normalized spacial score (nSPS) is 10.1. The molecule has 5 nitrogen and oxygen atoms in total. The van der Waals surface area contributed by atoms with E-state index in [2.05, 4.69) is 10.5 Å². The van der Waals surface area contributed by atoms with Crippen LogP contribution in [0.3, 0.4) is 0 Å². The van der Waals surface area contributed by atoms with Crippen molar-refractivity contribution in [2.24, 2.45) is 0 Å². The Hall–Kier alpha value is -2.30. The highest BCUT2D eigenvalue weighted by Gasteiger charge is 2.07. The van der Waals surface area contributed by atoms with Crippen molar-refractivity contribution >= 4 is 6.09 Å². The van der Waals surface area contributed by atoms with Crippen molar-refractivity contribution in [2.45, 2.75) is 13.0 Å². The van der Waals surface area contributed by atoms with Gasteiger partial charge in [0.2, 0.25) is 0 Å². The topological polar surface area (TPSA) is 64.4 Å². The Morgan fingerprint density at radius 2 is 2.17 bits per heavy atom. The maximum Gasteiger partial charge on any atom is 0.407 e. The minimum atomic E-state index is -0.484. The van der Waals surface area contributed by atoms with Gasteiger partial charge in [-0.3, -0.25) is 0 Å². The molecule has 0 aliphatic carbocycles. The number of amides is 1. The minimum Gasteiger partial charge on any atom is -0.443 e. The second-order valence-electron chi connectivity index (χ2n) is 3.77. The van der Waals surface area contributed by atoms with Gasteiger partial charge in [-0.2, -0.15) is 0 Å². The summed E-state index contributed by atoms with van der Waals surface area (Å²) in [5.41, 5.74) is 1.75. The first-order valence-electron chi connectivity index (χ1n) is 5.61. The Labute approximate surface area is 105 Å². The van der Waals surface area contributed by atoms with E-state index < -0.39 is 6.09 Å². The number of carbonyl (C=O) groups is 1. The van der Waals surface area contributed by atoms with E-state index in [1.165, 1.54) is 7.05 Å². The maximum atomic E-state index is 10.9. The van der Waals surface area contributed by atoms with Crippen LogP contribution >= 0.6 is 0 Å². The van der Waals surface area contributed by atoms with Crippen LogP contribution in [0.5, 0.6) is 0 Å². The fourth-order valence-electron chi connectivity index (χ4n) is 1.52. The smallest absolute Gasteiger partial charge is 0.407 e. The number of nitrogens with one attached hydrogen (secondary N) is 1. The molecule has 0 spiro atoms. The molecule has 1 N–H and O–H groups in total. The van der Waals surface area contributed by atoms with E-state index in [0.717, 1.165) is 11.3 Å². The summed E-state index contributed by atoms with van der Waals surface area (Å²) in [6.45, 7) is 0.109. The van der Waals surface area contributed by atoms with E-state index in [0.29, 0.717) is 12.1 Å². The fourth-order valence-corrected chi connectivity index (χ4v) is 1.52. The van der Waals surface area contributed by atoms with Gasteiger partial charge < -0.3 is 14.6 Å². The predicted octanol–water partition coefficient (Wildman–Crippen LogP) is 2.12. The monoisotopic (exact) mass is 246 g/mol. The SMILES string of the molecule is CNC(=O)OCc1cc(Cc2ccccc2)on1. The number of carbonyl (C=O) groups excluding carboxylic acids is 1. The Kier molecular flexibility index (Phi) is 3.96. The summed E-state index contributed by atoms with van der Waals surface area (Å²) < 4.78 is 10.0. The van der Waals surface area contributed by atoms with Crippen molar-refractivity contribution in [1.29, 1.82) is 0 Å². The van der Waals surface area contributed by atoms with Crippen LogP contribution in [-0.4, -0.2) is 18.3 Å². The largest absolute Gasteiger partial charge is 0.443 e. The third-order valence-corrected chi connectivity index (χ3v) is 2.38. The van der Waals surface area contributed by atoms with Gasteiger partial charge in [0.25, 0.3) is 0 Å². The van der Waals surface area contributed by atoms with Crippen molar-refractivity contribution < 1.29 is 14.1 Å². The lowest BCUT2D eigenvalue weighted by Crippen LogP contribution is -2.18. The molecule has 0 bridgehead atoms. The third kappa shape index (κ3) is 3.35. The molecule has 0 aliphatic heterocycles. The third-order valence-electron chi connectivity index (χ3n) is 2.38. The van der Waals surface area contributed by atoms with Crippen LogP contribution in [-0.2, 0) is 17.8 Å². The number of rotatable bonds is 4. The molecule has 1 aromatic heterocycles. The van der Waals surface area contributed by atoms with Crippen molar-refractivity contribution in [3.05, 3.63) is 53.4 Å². The molecule has 18 heavy (non-hydrogen) atoms. The number of hydrogen-bond donors (Lipinski definition) is 1. The zero-order valence-corrected chi connectivity index (χ0v) is 10.1. The van der Waals surface area contributed by atoms with E-state index in [1.807, 2.05) is 30.3 Å². The standard InChI is InChI=1S/C13H14N2O3/c1-14-13(16)17-9-11-8-12(18-15-11)7-10-5-3-2-4-6-10/h2-6,8H,7,9H2,1H3,(H,14,16). The minimum absolute atomic E-state index is 0.109. The molecule has 0 saturated carbocycles. The molecule has 0 saturated heterocycles. The molecule has 0 fully saturated rings. The summed E-state index contributed by atoms with van der Waals surface area (Å²) in [5, 5.41) is 6.20. The van der Waals surface area contributed by atoms with E-state index in [1.54, 1.807) is 6.07 Å². The summed E-state index contributed by atoms with van der Waals surface area (Å²) in [5.74, 6) is 0.747. The first kappa shape index (κ1) is 12.2. The predicted molar refractivity (Wildman–Crippen MR) is 65.0 cm³/mol. The number of hydrogen-bond acceptors (Lipinski definition) is 4. The molecule has 0 aliphatic rings. The van der Waals surface area contributed by atoms with E-state index >= 15 is 0 Å². The average Bonchev–Trinajstić information content (AvgIpc) is 2.85. The number of benzene rings is 1. The highest BCUT2D eigenvalue weighted by Crippen LogP contribution is 2.11. The Balaban J connectivity index is 1.92. The van der Waals surface area contributed by atoms with Gasteiger partial charge in [-0.25, -0.2) is 4.79 Å². The molecule has 1 amide bonds. The number of nitrogens with zero attached hydrogens (tertiary/aromatic N) is 1. The van der Waals surface area contributed by atoms with Gasteiger partial charge in [0.05, 0.1) is 0 Å². The lowest BCUT2D eigenvalue weighted by molar-refractivity contribution is 0.139. The summed E-state index contributed by atoms with van der Waals surface area (Å²) in [6, 6.07) is 11.7. The highest BCUT2D eigenvalue weighted by atomic mass is 16.6. The Morgan fingerprint density at radius 3 is 2.89 bits per heavy atom. The molecule has 94 valence electrons. The van der Waals surface area contributed by atoms with Crippen LogP contribution in [0, 0.1) is 0 Å². The summed E-state index contributed by atoms with van der Waals surface area (Å²) in [7, 11) is 1.51. The Bertz CT molecular complexity index is 508. The maximum absolute atomic E-state index is 10.9. The zero-order chi connectivity index (χ0) is 12.8. The zero-order valence-electron chi connectivity index (χ0n) is 10.1. The van der Waals surface area contributed by atoms with Crippen LogP contribution in [0.25, 0.3) is 0 Å². The number of ether oxygens (including phenoxy) is 1. The second-order valence-corrected chi connectivity index (χ2v) is 3.77. The van der Waals surface area contributed by atoms with Crippen molar-refractivity contribution in [2.75, 3.05) is 7.05 Å². The molecule has 2 aromatic rings. The molecule has 5 heteroatoms. The van der Waals surface area contributed by atoms with Crippen LogP contribution in [0.1, 0.15) is 17.0 Å². The lowest BCUT2D eigenvalue weighted by atomic mass is 10.1. The number of alkyl carbamates (subject to hydrolysis) is 1. The van der Waals surface area contributed by atoms with Gasteiger partial charge in [-0.15, -0.1) is 0 Å². The molecular weight excluding hydrogens is 232 g/mol. The van der Waals surface area contributed by atoms with Crippen LogP contribution in [0.15, 0.2) is 40.9 Å². The summed E-state index contributed by atoms with van der Waals surface area (Å²) >= 11 is 0. The molecule has 1 aromatic carbocycles. The highest BCUT2D eigenvalue weighted by molar-refractivity contribution is 5.66. The molecule has 0 unspecified atom stereocenters. The molecule has 0 radical (unpaired) electrons. The van der Waals surface area contributed by atoms with E-state index in [-0.39, 0.29) is 6.61 Å². The van der Waals surface area contributed by atoms with Gasteiger partial charge in [0, 0.05) is 19.5 Å². The van der Waals surface area contributed by atoms with E-state index in [9.17, 15) is 4.79 Å². The lowest BCUT2D eigenvalue weighted by Gasteiger charge is -1.99. The van der Waals surface area contributed by atoms with Crippen molar-refractivity contribution in [3.63, 3.8) is 0 Å². The molecule has 2 rings (SSSR count). The first-order chi connectivity index (χ1) is 8.78. The first-order valence-corrected chi connectivity index (χ1v) is 5.61. The molecule has 1 heterocycles. The van der Waals surface area contributed by atoms with Crippen molar-refractivity contribution in [1.82, 2.24) is 10.5 Å².